The average Bonchev–Trinajstić information content (AvgIpc) is 4.04. The Morgan fingerprint density at radius 2 is 1.67 bits per heavy atom. The van der Waals surface area contributed by atoms with E-state index < -0.39 is 63.3 Å². The molecule has 72 heavy (non-hydrogen) atoms. The monoisotopic (exact) mass is 986 g/mol. The number of ether oxygens (including phenoxy) is 4. The van der Waals surface area contributed by atoms with Crippen molar-refractivity contribution in [1.82, 2.24) is 20.1 Å². The number of aromatic amines is 1. The topological polar surface area (TPSA) is 163 Å². The van der Waals surface area contributed by atoms with Crippen LogP contribution in [0.2, 0.25) is 0 Å². The van der Waals surface area contributed by atoms with Gasteiger partial charge in [-0.3, -0.25) is 19.3 Å². The predicted molar refractivity (Wildman–Crippen MR) is 269 cm³/mol. The molecule has 6 heterocycles. The first-order chi connectivity index (χ1) is 34.6. The zero-order chi connectivity index (χ0) is 50.7. The van der Waals surface area contributed by atoms with Gasteiger partial charge in [0.1, 0.15) is 17.0 Å². The Kier molecular flexibility index (Phi) is 11.7. The number of nitrogens with one attached hydrogen (secondary N) is 2. The van der Waals surface area contributed by atoms with Gasteiger partial charge in [0.2, 0.25) is 5.60 Å². The molecule has 5 aliphatic heterocycles. The van der Waals surface area contributed by atoms with Gasteiger partial charge in [0.15, 0.2) is 6.10 Å². The molecule has 2 saturated heterocycles. The minimum Gasteiger partial charge on any atom is -0.496 e. The summed E-state index contributed by atoms with van der Waals surface area (Å²) in [5.41, 5.74) is 0.599. The number of rotatable bonds is 9. The van der Waals surface area contributed by atoms with Crippen LogP contribution in [0.4, 0.5) is 10.1 Å². The Morgan fingerprint density at radius 3 is 2.39 bits per heavy atom. The molecule has 3 aromatic carbocycles. The number of aromatic nitrogens is 1. The van der Waals surface area contributed by atoms with Gasteiger partial charge >= 0.3 is 17.9 Å². The molecule has 1 aromatic heterocycles. The predicted octanol–water partition coefficient (Wildman–Crippen LogP) is 6.45. The van der Waals surface area contributed by atoms with E-state index in [0.717, 1.165) is 36.8 Å². The molecule has 0 radical (unpaired) electrons. The van der Waals surface area contributed by atoms with Gasteiger partial charge in [-0.05, 0) is 135 Å². The quantitative estimate of drug-likeness (QED) is 0.0957. The molecule has 3 fully saturated rings. The van der Waals surface area contributed by atoms with Crippen molar-refractivity contribution in [2.45, 2.75) is 125 Å². The van der Waals surface area contributed by atoms with Crippen LogP contribution in [-0.2, 0) is 58.7 Å². The summed E-state index contributed by atoms with van der Waals surface area (Å²) < 4.78 is 39.8. The van der Waals surface area contributed by atoms with Gasteiger partial charge < -0.3 is 44.2 Å². The van der Waals surface area contributed by atoms with Crippen LogP contribution in [0.25, 0.3) is 10.9 Å². The van der Waals surface area contributed by atoms with E-state index in [1.807, 2.05) is 43.2 Å². The second-order valence-corrected chi connectivity index (χ2v) is 22.0. The number of aryl methyl sites for hydroxylation is 2. The summed E-state index contributed by atoms with van der Waals surface area (Å²) in [7, 11) is 6.05. The van der Waals surface area contributed by atoms with Crippen molar-refractivity contribution in [3.8, 4) is 5.75 Å². The third-order valence-electron chi connectivity index (χ3n) is 18.7. The molecular formula is C57H68FN5O9. The number of esters is 3. The number of fused-ring (bicyclic) bond motifs is 7. The Balaban J connectivity index is 1.13. The largest absolute Gasteiger partial charge is 0.496 e. The number of methoxy groups -OCH3 is 3. The number of aliphatic hydroxyl groups is 1. The first-order valence-corrected chi connectivity index (χ1v) is 26.0. The van der Waals surface area contributed by atoms with Gasteiger partial charge in [-0.2, -0.15) is 0 Å². The van der Waals surface area contributed by atoms with Crippen molar-refractivity contribution >= 4 is 40.4 Å². The van der Waals surface area contributed by atoms with Crippen LogP contribution in [0.3, 0.4) is 0 Å². The van der Waals surface area contributed by atoms with Gasteiger partial charge in [0, 0.05) is 96.5 Å². The molecule has 1 unspecified atom stereocenters. The van der Waals surface area contributed by atoms with Crippen molar-refractivity contribution in [2.24, 2.45) is 11.3 Å². The van der Waals surface area contributed by atoms with Gasteiger partial charge in [0.25, 0.3) is 5.91 Å². The average molecular weight is 986 g/mol. The second-order valence-electron chi connectivity index (χ2n) is 22.0. The maximum absolute atomic E-state index is 15.8. The zero-order valence-electron chi connectivity index (χ0n) is 42.6. The molecule has 1 saturated carbocycles. The van der Waals surface area contributed by atoms with Crippen LogP contribution in [-0.4, -0.2) is 134 Å². The van der Waals surface area contributed by atoms with Crippen molar-refractivity contribution in [3.05, 3.63) is 106 Å². The Labute approximate surface area is 420 Å². The number of nitrogens with zero attached hydrogens (tertiary/aromatic N) is 3. The maximum Gasteiger partial charge on any atom is 0.344 e. The number of likely N-dealkylation sites (N-methyl/N-ethyl adjacent to an activating group) is 1. The molecule has 4 aromatic rings. The fraction of sp³-hybridized carbons (Fsp3) is 0.544. The summed E-state index contributed by atoms with van der Waals surface area (Å²) >= 11 is 0. The molecule has 10 atom stereocenters. The number of benzene rings is 3. The number of carbonyl (C=O) groups is 4. The number of amides is 1. The van der Waals surface area contributed by atoms with Gasteiger partial charge in [-0.15, -0.1) is 0 Å². The van der Waals surface area contributed by atoms with E-state index in [4.69, 9.17) is 18.9 Å². The molecule has 3 N–H and O–H groups in total. The number of carbonyl (C=O) groups excluding carboxylic acids is 4. The summed E-state index contributed by atoms with van der Waals surface area (Å²) in [6.45, 7) is 8.42. The summed E-state index contributed by atoms with van der Waals surface area (Å²) in [4.78, 5) is 68.4. The fourth-order valence-electron chi connectivity index (χ4n) is 15.9. The van der Waals surface area contributed by atoms with Gasteiger partial charge in [-0.25, -0.2) is 9.18 Å². The smallest absolute Gasteiger partial charge is 0.344 e. The lowest BCUT2D eigenvalue weighted by molar-refractivity contribution is -0.228. The van der Waals surface area contributed by atoms with Gasteiger partial charge in [0.05, 0.1) is 32.9 Å². The van der Waals surface area contributed by atoms with Crippen molar-refractivity contribution in [1.29, 1.82) is 0 Å². The number of hydrogen-bond acceptors (Lipinski definition) is 12. The second kappa shape index (κ2) is 17.4. The van der Waals surface area contributed by atoms with Crippen LogP contribution in [0.15, 0.2) is 60.7 Å². The first-order valence-electron chi connectivity index (χ1n) is 26.0. The van der Waals surface area contributed by atoms with E-state index in [0.29, 0.717) is 104 Å². The zero-order valence-corrected chi connectivity index (χ0v) is 42.6. The Morgan fingerprint density at radius 1 is 0.889 bits per heavy atom. The van der Waals surface area contributed by atoms with Crippen LogP contribution >= 0.6 is 0 Å². The molecule has 1 amide bonds. The van der Waals surface area contributed by atoms with Crippen LogP contribution < -0.4 is 15.0 Å². The number of halogens is 1. The highest BCUT2D eigenvalue weighted by Gasteiger charge is 2.80. The highest BCUT2D eigenvalue weighted by Crippen LogP contribution is 2.68. The summed E-state index contributed by atoms with van der Waals surface area (Å²) in [6.07, 6.45) is 9.82. The molecular weight excluding hydrogens is 918 g/mol. The first kappa shape index (κ1) is 48.5. The summed E-state index contributed by atoms with van der Waals surface area (Å²) in [5, 5.41) is 17.7. The lowest BCUT2D eigenvalue weighted by Gasteiger charge is -2.63. The van der Waals surface area contributed by atoms with Crippen LogP contribution in [0.1, 0.15) is 110 Å². The number of H-pyrrole nitrogens is 1. The number of piperidine rings is 1. The lowest BCUT2D eigenvalue weighted by Crippen LogP contribution is -2.81. The van der Waals surface area contributed by atoms with E-state index in [-0.39, 0.29) is 24.3 Å². The van der Waals surface area contributed by atoms with Crippen molar-refractivity contribution < 1.29 is 47.6 Å². The lowest BCUT2D eigenvalue weighted by atomic mass is 9.47. The normalized spacial score (nSPS) is 33.2. The molecule has 15 heteroatoms. The Hall–Kier alpha value is -5.77. The maximum atomic E-state index is 15.8. The molecule has 2 aliphatic carbocycles. The minimum absolute atomic E-state index is 0.119. The van der Waals surface area contributed by atoms with Gasteiger partial charge in [-0.1, -0.05) is 32.1 Å². The van der Waals surface area contributed by atoms with Crippen molar-refractivity contribution in [3.63, 3.8) is 0 Å². The van der Waals surface area contributed by atoms with E-state index >= 15 is 9.18 Å². The highest BCUT2D eigenvalue weighted by molar-refractivity contribution is 5.96. The fourth-order valence-corrected chi connectivity index (χ4v) is 15.9. The minimum atomic E-state index is -2.36. The van der Waals surface area contributed by atoms with E-state index in [1.54, 1.807) is 13.2 Å². The van der Waals surface area contributed by atoms with Crippen LogP contribution in [0.5, 0.6) is 5.75 Å². The summed E-state index contributed by atoms with van der Waals surface area (Å²) in [6, 6.07) is 13.4. The number of hydrogen-bond donors (Lipinski definition) is 3. The standard InChI is InChI=1S/C57H68FN5O9/c1-8-53(60-47(65)37-16-15-35-13-10-11-14-36(35)25-37)29-34-30-56(51(66)70-6,46-39(19-23-62(31-34)32-53)40-26-38(58)17-18-43(40)59-46)42-27-41-44(28-45(42)69-5)61(4)49-55(41)21-24-63-22-12-20-54(9-2,48(55)63)50(72-33(3)64)57(49,68)52(67)71-7/h12,15-18,20,25-28,34,48-50,59,68H,8-11,13-14,19,21-24,29-32H2,1-7H3,(H,60,65)/t34-,48+,49-,50-,53+,54-,55-,56+,57+/m1/s1. The molecule has 11 rings (SSSR count). The van der Waals surface area contributed by atoms with Crippen LogP contribution in [0, 0.1) is 17.2 Å². The van der Waals surface area contributed by atoms with E-state index in [9.17, 15) is 19.5 Å². The molecule has 7 aliphatic rings. The molecule has 2 bridgehead atoms. The SMILES string of the molecule is CC[C@]1(NC(=O)c2ccc3c(c2)CCCC3)C[C@H]2CN(CCc3c([nH]c4ccc(F)cc34)[C@@](C(=O)OC)(c3cc4c(cc3OC)N(C)[C@H]3[C@@](O)(C(=O)OC)[C@H](OC(C)=O)[C@]5(CC)C=CCN6CC[C@]43[C@@H]65)C2)C1. The summed E-state index contributed by atoms with van der Waals surface area (Å²) in [5.74, 6) is -2.41. The molecule has 382 valence electrons. The number of anilines is 1. The molecule has 1 spiro atoms. The third kappa shape index (κ3) is 6.74. The Bertz CT molecular complexity index is 2940. The van der Waals surface area contributed by atoms with E-state index in [1.165, 1.54) is 44.4 Å². The van der Waals surface area contributed by atoms with E-state index in [2.05, 4.69) is 45.2 Å². The highest BCUT2D eigenvalue weighted by atomic mass is 19.1. The van der Waals surface area contributed by atoms with Crippen molar-refractivity contribution in [2.75, 3.05) is 66.0 Å². The molecule has 14 nitrogen and oxygen atoms in total. The third-order valence-corrected chi connectivity index (χ3v) is 18.7.